The van der Waals surface area contributed by atoms with Crippen molar-refractivity contribution in [2.24, 2.45) is 4.99 Å². The van der Waals surface area contributed by atoms with Crippen LogP contribution < -0.4 is 4.74 Å². The molecule has 0 fully saturated rings. The highest BCUT2D eigenvalue weighted by Gasteiger charge is 2.36. The van der Waals surface area contributed by atoms with Gasteiger partial charge in [-0.25, -0.2) is 0 Å². The van der Waals surface area contributed by atoms with Gasteiger partial charge < -0.3 is 9.30 Å². The molecule has 2 aliphatic heterocycles. The van der Waals surface area contributed by atoms with Crippen LogP contribution in [0.3, 0.4) is 0 Å². The summed E-state index contributed by atoms with van der Waals surface area (Å²) in [5.74, 6) is 0.631. The number of thioether (sulfide) groups is 1. The summed E-state index contributed by atoms with van der Waals surface area (Å²) in [5.41, 5.74) is 6.29. The molecular formula is C31H26N4O2S. The minimum absolute atomic E-state index is 0.134. The fraction of sp³-hybridized carbons (Fsp3) is 0.129. The first-order chi connectivity index (χ1) is 18.5. The molecule has 0 saturated heterocycles. The zero-order valence-corrected chi connectivity index (χ0v) is 22.0. The molecule has 0 bridgehead atoms. The number of amides is 1. The number of aliphatic imine (C=N–C) groups is 1. The Hall–Kier alpha value is -4.36. The third-order valence-corrected chi connectivity index (χ3v) is 7.56. The van der Waals surface area contributed by atoms with Crippen LogP contribution in [-0.2, 0) is 11.3 Å². The molecule has 2 aliphatic rings. The molecule has 3 aromatic carbocycles. The molecule has 0 saturated carbocycles. The van der Waals surface area contributed by atoms with Crippen LogP contribution in [0.1, 0.15) is 22.3 Å². The van der Waals surface area contributed by atoms with Crippen LogP contribution in [0.2, 0.25) is 0 Å². The van der Waals surface area contributed by atoms with Crippen molar-refractivity contribution in [1.82, 2.24) is 9.47 Å². The van der Waals surface area contributed by atoms with E-state index in [2.05, 4.69) is 40.7 Å². The van der Waals surface area contributed by atoms with Gasteiger partial charge in [0.25, 0.3) is 5.91 Å². The Morgan fingerprint density at radius 3 is 2.66 bits per heavy atom. The van der Waals surface area contributed by atoms with Gasteiger partial charge in [-0.15, -0.1) is 0 Å². The van der Waals surface area contributed by atoms with Crippen LogP contribution in [0.5, 0.6) is 5.75 Å². The van der Waals surface area contributed by atoms with Gasteiger partial charge in [0, 0.05) is 28.1 Å². The van der Waals surface area contributed by atoms with Crippen LogP contribution in [0, 0.1) is 19.3 Å². The Kier molecular flexibility index (Phi) is 6.21. The zero-order chi connectivity index (χ0) is 26.2. The first-order valence-electron chi connectivity index (χ1n) is 12.4. The maximum absolute atomic E-state index is 13.0. The van der Waals surface area contributed by atoms with E-state index in [0.717, 1.165) is 44.6 Å². The summed E-state index contributed by atoms with van der Waals surface area (Å²) < 4.78 is 8.25. The molecule has 3 heterocycles. The van der Waals surface area contributed by atoms with Crippen molar-refractivity contribution in [1.29, 1.82) is 5.41 Å². The Labute approximate surface area is 225 Å². The van der Waals surface area contributed by atoms with Gasteiger partial charge in [-0.3, -0.25) is 15.1 Å². The van der Waals surface area contributed by atoms with Crippen molar-refractivity contribution >= 4 is 51.3 Å². The predicted octanol–water partition coefficient (Wildman–Crippen LogP) is 6.64. The van der Waals surface area contributed by atoms with Crippen molar-refractivity contribution in [3.05, 3.63) is 112 Å². The van der Waals surface area contributed by atoms with Crippen molar-refractivity contribution in [3.8, 4) is 5.75 Å². The number of hydrogen-bond donors (Lipinski definition) is 1. The lowest BCUT2D eigenvalue weighted by molar-refractivity contribution is -0.114. The van der Waals surface area contributed by atoms with E-state index in [9.17, 15) is 4.79 Å². The number of nitrogens with one attached hydrogen (secondary N) is 1. The number of rotatable bonds is 6. The highest BCUT2D eigenvalue weighted by Crippen LogP contribution is 2.37. The summed E-state index contributed by atoms with van der Waals surface area (Å²) in [5, 5.41) is 12.4. The van der Waals surface area contributed by atoms with Crippen molar-refractivity contribution in [2.45, 2.75) is 20.4 Å². The summed E-state index contributed by atoms with van der Waals surface area (Å²) in [6.07, 6.45) is 3.82. The Morgan fingerprint density at radius 2 is 1.82 bits per heavy atom. The maximum Gasteiger partial charge on any atom is 0.283 e. The minimum Gasteiger partial charge on any atom is -0.491 e. The first kappa shape index (κ1) is 24.0. The van der Waals surface area contributed by atoms with Crippen LogP contribution in [0.4, 0.5) is 0 Å². The van der Waals surface area contributed by atoms with E-state index in [4.69, 9.17) is 10.1 Å². The zero-order valence-electron chi connectivity index (χ0n) is 21.1. The topological polar surface area (TPSA) is 70.7 Å². The Morgan fingerprint density at radius 1 is 1.03 bits per heavy atom. The van der Waals surface area contributed by atoms with Crippen LogP contribution in [0.25, 0.3) is 22.7 Å². The molecule has 1 aromatic heterocycles. The number of benzene rings is 3. The molecule has 1 N–H and O–H groups in total. The molecule has 0 aliphatic carbocycles. The number of aryl methyl sites for hydroxylation is 2. The predicted molar refractivity (Wildman–Crippen MR) is 155 cm³/mol. The number of ether oxygens (including phenoxy) is 1. The number of para-hydroxylation sites is 1. The van der Waals surface area contributed by atoms with E-state index in [1.165, 1.54) is 11.8 Å². The average Bonchev–Trinajstić information content (AvgIpc) is 3.51. The Balaban J connectivity index is 1.30. The molecule has 0 unspecified atom stereocenters. The van der Waals surface area contributed by atoms with Gasteiger partial charge in [0.2, 0.25) is 0 Å². The van der Waals surface area contributed by atoms with Crippen LogP contribution in [0.15, 0.2) is 95.0 Å². The van der Waals surface area contributed by atoms with E-state index in [1.807, 2.05) is 67.1 Å². The largest absolute Gasteiger partial charge is 0.491 e. The number of hydrogen-bond acceptors (Lipinski definition) is 4. The monoisotopic (exact) mass is 518 g/mol. The van der Waals surface area contributed by atoms with Gasteiger partial charge in [0.15, 0.2) is 5.17 Å². The first-order valence-corrected chi connectivity index (χ1v) is 13.3. The molecular weight excluding hydrogens is 492 g/mol. The van der Waals surface area contributed by atoms with Gasteiger partial charge in [-0.1, -0.05) is 72.4 Å². The number of carbonyl (C=O) groups excluding carboxylic acids is 1. The molecule has 0 spiro atoms. The number of amidine groups is 2. The third kappa shape index (κ3) is 4.35. The summed E-state index contributed by atoms with van der Waals surface area (Å²) >= 11 is 1.37. The lowest BCUT2D eigenvalue weighted by Crippen LogP contribution is -2.38. The number of fused-ring (bicyclic) bond motifs is 2. The van der Waals surface area contributed by atoms with Gasteiger partial charge in [-0.2, -0.15) is 4.99 Å². The second-order valence-corrected chi connectivity index (χ2v) is 10.2. The summed E-state index contributed by atoms with van der Waals surface area (Å²) in [6, 6.07) is 24.2. The normalized spacial score (nSPS) is 16.2. The summed E-state index contributed by atoms with van der Waals surface area (Å²) in [6.45, 7) is 5.26. The van der Waals surface area contributed by atoms with Crippen LogP contribution >= 0.6 is 11.8 Å². The summed E-state index contributed by atoms with van der Waals surface area (Å²) in [4.78, 5) is 19.1. The highest BCUT2D eigenvalue weighted by atomic mass is 32.2. The van der Waals surface area contributed by atoms with Gasteiger partial charge in [0.05, 0.1) is 17.8 Å². The van der Waals surface area contributed by atoms with E-state index >= 15 is 0 Å². The molecule has 6 rings (SSSR count). The van der Waals surface area contributed by atoms with Gasteiger partial charge >= 0.3 is 0 Å². The van der Waals surface area contributed by atoms with Crippen molar-refractivity contribution < 1.29 is 9.53 Å². The smallest absolute Gasteiger partial charge is 0.283 e. The minimum atomic E-state index is -0.397. The molecule has 4 aromatic rings. The Bertz CT molecular complexity index is 1680. The molecule has 7 heteroatoms. The highest BCUT2D eigenvalue weighted by molar-refractivity contribution is 8.17. The van der Waals surface area contributed by atoms with Gasteiger partial charge in [0.1, 0.15) is 18.2 Å². The molecule has 0 atom stereocenters. The van der Waals surface area contributed by atoms with E-state index < -0.39 is 5.91 Å². The number of aromatic nitrogens is 1. The number of nitrogens with zero attached hydrogens (tertiary/aromatic N) is 3. The molecule has 0 radical (unpaired) electrons. The fourth-order valence-corrected chi connectivity index (χ4v) is 5.65. The van der Waals surface area contributed by atoms with E-state index in [1.54, 1.807) is 11.0 Å². The third-order valence-electron chi connectivity index (χ3n) is 6.74. The molecule has 6 nitrogen and oxygen atoms in total. The standard InChI is InChI=1S/C31H26N4O2S/c1-20-12-13-21(2)28(16-20)37-15-14-34-18-23(24-10-6-7-11-26(24)34)17-25-29(32)35-27(22-8-4-3-5-9-22)19-38-31(35)33-30(25)36/h3-13,16-19,32H,14-15H2,1-2H3. The van der Waals surface area contributed by atoms with Crippen LogP contribution in [-0.4, -0.2) is 33.0 Å². The second kappa shape index (κ2) is 9.84. The van der Waals surface area contributed by atoms with E-state index in [0.29, 0.717) is 18.3 Å². The molecule has 188 valence electrons. The second-order valence-electron chi connectivity index (χ2n) is 9.34. The van der Waals surface area contributed by atoms with Gasteiger partial charge in [-0.05, 0) is 48.7 Å². The quantitative estimate of drug-likeness (QED) is 0.291. The SMILES string of the molecule is Cc1ccc(C)c(OCCn2cc(C=C3C(=N)N4C(c5ccccc5)=CSC4=NC3=O)c3ccccc32)c1. The molecule has 38 heavy (non-hydrogen) atoms. The fourth-order valence-electron chi connectivity index (χ4n) is 4.76. The maximum atomic E-state index is 13.0. The lowest BCUT2D eigenvalue weighted by Gasteiger charge is -2.26. The summed E-state index contributed by atoms with van der Waals surface area (Å²) in [7, 11) is 0. The van der Waals surface area contributed by atoms with Crippen molar-refractivity contribution in [2.75, 3.05) is 6.61 Å². The average molecular weight is 519 g/mol. The van der Waals surface area contributed by atoms with Crippen molar-refractivity contribution in [3.63, 3.8) is 0 Å². The number of carbonyl (C=O) groups is 1. The van der Waals surface area contributed by atoms with E-state index in [-0.39, 0.29) is 11.4 Å². The molecule has 1 amide bonds. The lowest BCUT2D eigenvalue weighted by atomic mass is 10.1.